The van der Waals surface area contributed by atoms with Gasteiger partial charge in [-0.2, -0.15) is 15.5 Å². The van der Waals surface area contributed by atoms with Crippen molar-refractivity contribution in [3.8, 4) is 17.5 Å². The molecule has 0 saturated heterocycles. The molecule has 1 aromatic carbocycles. The standard InChI is InChI=1S/C17H15N7O/c18-10-24-8-12-15(22-23-16(12)9-24)7-19-17(25)14-6-13(20-21-14)11-4-2-1-3-5-11/h1-6H,7-9H2,(H,19,25)(H,20,21)(H,22,23). The predicted molar refractivity (Wildman–Crippen MR) is 88.6 cm³/mol. The Morgan fingerprint density at radius 1 is 1.24 bits per heavy atom. The third-order valence-corrected chi connectivity index (χ3v) is 4.19. The summed E-state index contributed by atoms with van der Waals surface area (Å²) in [6.45, 7) is 1.35. The Morgan fingerprint density at radius 3 is 2.88 bits per heavy atom. The number of benzene rings is 1. The number of aromatic nitrogens is 4. The van der Waals surface area contributed by atoms with Crippen molar-refractivity contribution >= 4 is 5.91 Å². The Morgan fingerprint density at radius 2 is 2.08 bits per heavy atom. The van der Waals surface area contributed by atoms with Gasteiger partial charge in [-0.3, -0.25) is 15.0 Å². The molecule has 0 saturated carbocycles. The fourth-order valence-electron chi connectivity index (χ4n) is 2.87. The Kier molecular flexibility index (Phi) is 3.67. The average molecular weight is 333 g/mol. The molecule has 0 aliphatic carbocycles. The monoisotopic (exact) mass is 333 g/mol. The highest BCUT2D eigenvalue weighted by molar-refractivity contribution is 5.93. The van der Waals surface area contributed by atoms with Crippen molar-refractivity contribution in [2.75, 3.05) is 0 Å². The number of nitriles is 1. The van der Waals surface area contributed by atoms with Gasteiger partial charge in [-0.1, -0.05) is 30.3 Å². The molecule has 0 spiro atoms. The molecule has 2 aromatic heterocycles. The highest BCUT2D eigenvalue weighted by Gasteiger charge is 2.24. The largest absolute Gasteiger partial charge is 0.345 e. The predicted octanol–water partition coefficient (Wildman–Crippen LogP) is 1.53. The van der Waals surface area contributed by atoms with E-state index < -0.39 is 0 Å². The number of carbonyl (C=O) groups is 1. The van der Waals surface area contributed by atoms with Crippen molar-refractivity contribution in [3.63, 3.8) is 0 Å². The molecule has 1 amide bonds. The highest BCUT2D eigenvalue weighted by atomic mass is 16.1. The maximum Gasteiger partial charge on any atom is 0.269 e. The van der Waals surface area contributed by atoms with Gasteiger partial charge in [-0.05, 0) is 6.07 Å². The molecule has 0 radical (unpaired) electrons. The normalized spacial score (nSPS) is 12.7. The molecule has 0 fully saturated rings. The fourth-order valence-corrected chi connectivity index (χ4v) is 2.87. The molecule has 8 heteroatoms. The van der Waals surface area contributed by atoms with Gasteiger partial charge in [0.2, 0.25) is 0 Å². The quantitative estimate of drug-likeness (QED) is 0.627. The summed E-state index contributed by atoms with van der Waals surface area (Å²) in [5, 5.41) is 25.9. The number of fused-ring (bicyclic) bond motifs is 1. The van der Waals surface area contributed by atoms with Crippen molar-refractivity contribution in [2.45, 2.75) is 19.6 Å². The summed E-state index contributed by atoms with van der Waals surface area (Å²) in [5.41, 5.74) is 4.72. The Labute approximate surface area is 143 Å². The summed E-state index contributed by atoms with van der Waals surface area (Å²) in [5.74, 6) is -0.249. The second kappa shape index (κ2) is 6.13. The molecule has 0 bridgehead atoms. The molecule has 1 aliphatic rings. The third kappa shape index (κ3) is 2.83. The molecule has 3 heterocycles. The van der Waals surface area contributed by atoms with Crippen molar-refractivity contribution in [1.29, 1.82) is 5.26 Å². The Hall–Kier alpha value is -3.60. The van der Waals surface area contributed by atoms with Gasteiger partial charge in [0.25, 0.3) is 5.91 Å². The lowest BCUT2D eigenvalue weighted by Crippen LogP contribution is -2.24. The average Bonchev–Trinajstić information content (AvgIpc) is 3.36. The summed E-state index contributed by atoms with van der Waals surface area (Å²) in [4.78, 5) is 14.0. The maximum atomic E-state index is 12.3. The summed E-state index contributed by atoms with van der Waals surface area (Å²) in [7, 11) is 0. The van der Waals surface area contributed by atoms with Crippen LogP contribution in [-0.4, -0.2) is 31.2 Å². The van der Waals surface area contributed by atoms with Gasteiger partial charge in [-0.25, -0.2) is 0 Å². The van der Waals surface area contributed by atoms with E-state index in [2.05, 4.69) is 31.9 Å². The van der Waals surface area contributed by atoms with E-state index in [1.54, 1.807) is 11.0 Å². The Balaban J connectivity index is 1.43. The SMILES string of the molecule is N#CN1Cc2[nH]nc(CNC(=O)c3cc(-c4ccccc4)n[nH]3)c2C1. The van der Waals surface area contributed by atoms with E-state index in [0.29, 0.717) is 25.3 Å². The maximum absolute atomic E-state index is 12.3. The van der Waals surface area contributed by atoms with Gasteiger partial charge in [-0.15, -0.1) is 0 Å². The van der Waals surface area contributed by atoms with Crippen LogP contribution in [0.4, 0.5) is 0 Å². The third-order valence-electron chi connectivity index (χ3n) is 4.19. The van der Waals surface area contributed by atoms with Crippen LogP contribution in [0, 0.1) is 11.5 Å². The summed E-state index contributed by atoms with van der Waals surface area (Å²) in [6.07, 6.45) is 2.12. The molecular formula is C17H15N7O. The first kappa shape index (κ1) is 15.0. The van der Waals surface area contributed by atoms with E-state index in [-0.39, 0.29) is 5.91 Å². The van der Waals surface area contributed by atoms with Crippen molar-refractivity contribution in [2.24, 2.45) is 0 Å². The first-order valence-corrected chi connectivity index (χ1v) is 7.83. The number of aromatic amines is 2. The smallest absolute Gasteiger partial charge is 0.269 e. The molecule has 4 rings (SSSR count). The van der Waals surface area contributed by atoms with Crippen LogP contribution >= 0.6 is 0 Å². The van der Waals surface area contributed by atoms with E-state index >= 15 is 0 Å². The number of hydrogen-bond acceptors (Lipinski definition) is 5. The molecule has 124 valence electrons. The zero-order valence-corrected chi connectivity index (χ0v) is 13.3. The van der Waals surface area contributed by atoms with Crippen molar-refractivity contribution in [3.05, 3.63) is 59.0 Å². The number of carbonyl (C=O) groups excluding carboxylic acids is 1. The van der Waals surface area contributed by atoms with Crippen LogP contribution in [0.1, 0.15) is 27.4 Å². The summed E-state index contributed by atoms with van der Waals surface area (Å²) in [6, 6.07) is 11.4. The number of rotatable bonds is 4. The topological polar surface area (TPSA) is 113 Å². The first-order chi connectivity index (χ1) is 12.2. The van der Waals surface area contributed by atoms with Crippen molar-refractivity contribution in [1.82, 2.24) is 30.6 Å². The van der Waals surface area contributed by atoms with Crippen LogP contribution in [0.3, 0.4) is 0 Å². The van der Waals surface area contributed by atoms with Crippen LogP contribution < -0.4 is 5.32 Å². The highest BCUT2D eigenvalue weighted by Crippen LogP contribution is 2.23. The lowest BCUT2D eigenvalue weighted by molar-refractivity contribution is 0.0945. The lowest BCUT2D eigenvalue weighted by atomic mass is 10.1. The van der Waals surface area contributed by atoms with Crippen LogP contribution in [0.5, 0.6) is 0 Å². The first-order valence-electron chi connectivity index (χ1n) is 7.83. The minimum Gasteiger partial charge on any atom is -0.345 e. The number of hydrogen-bond donors (Lipinski definition) is 3. The van der Waals surface area contributed by atoms with Crippen molar-refractivity contribution < 1.29 is 4.79 Å². The number of amides is 1. The van der Waals surface area contributed by atoms with Gasteiger partial charge >= 0.3 is 0 Å². The number of nitrogens with one attached hydrogen (secondary N) is 3. The van der Waals surface area contributed by atoms with Gasteiger partial charge in [0.15, 0.2) is 6.19 Å². The van der Waals surface area contributed by atoms with E-state index in [1.165, 1.54) is 0 Å². The van der Waals surface area contributed by atoms with E-state index in [9.17, 15) is 4.79 Å². The molecule has 3 aromatic rings. The van der Waals surface area contributed by atoms with Crippen LogP contribution in [-0.2, 0) is 19.6 Å². The van der Waals surface area contributed by atoms with Crippen LogP contribution in [0.25, 0.3) is 11.3 Å². The van der Waals surface area contributed by atoms with Gasteiger partial charge in [0, 0.05) is 11.1 Å². The number of nitrogens with zero attached hydrogens (tertiary/aromatic N) is 4. The molecule has 3 N–H and O–H groups in total. The zero-order valence-electron chi connectivity index (χ0n) is 13.3. The lowest BCUT2D eigenvalue weighted by Gasteiger charge is -2.05. The molecular weight excluding hydrogens is 318 g/mol. The van der Waals surface area contributed by atoms with E-state index in [1.807, 2.05) is 30.3 Å². The van der Waals surface area contributed by atoms with Crippen LogP contribution in [0.15, 0.2) is 36.4 Å². The molecule has 1 aliphatic heterocycles. The van der Waals surface area contributed by atoms with Gasteiger partial charge in [0.1, 0.15) is 5.69 Å². The van der Waals surface area contributed by atoms with Crippen LogP contribution in [0.2, 0.25) is 0 Å². The van der Waals surface area contributed by atoms with E-state index in [4.69, 9.17) is 5.26 Å². The molecule has 8 nitrogen and oxygen atoms in total. The Bertz CT molecular complexity index is 951. The second-order valence-electron chi connectivity index (χ2n) is 5.80. The number of H-pyrrole nitrogens is 2. The van der Waals surface area contributed by atoms with Gasteiger partial charge in [0.05, 0.1) is 36.7 Å². The molecule has 0 atom stereocenters. The summed E-state index contributed by atoms with van der Waals surface area (Å²) >= 11 is 0. The van der Waals surface area contributed by atoms with E-state index in [0.717, 1.165) is 28.2 Å². The molecule has 25 heavy (non-hydrogen) atoms. The summed E-state index contributed by atoms with van der Waals surface area (Å²) < 4.78 is 0. The van der Waals surface area contributed by atoms with Gasteiger partial charge < -0.3 is 10.2 Å². The second-order valence-corrected chi connectivity index (χ2v) is 5.80. The minimum absolute atomic E-state index is 0.249. The zero-order chi connectivity index (χ0) is 17.2. The molecule has 0 unspecified atom stereocenters. The fraction of sp³-hybridized carbons (Fsp3) is 0.176. The minimum atomic E-state index is -0.249.